The van der Waals surface area contributed by atoms with Crippen molar-refractivity contribution in [1.82, 2.24) is 4.90 Å². The van der Waals surface area contributed by atoms with Crippen molar-refractivity contribution < 1.29 is 9.47 Å². The highest BCUT2D eigenvalue weighted by Gasteiger charge is 2.09. The van der Waals surface area contributed by atoms with Crippen LogP contribution in [0.5, 0.6) is 5.75 Å². The van der Waals surface area contributed by atoms with Gasteiger partial charge in [0.05, 0.1) is 19.8 Å². The minimum atomic E-state index is 0.772. The van der Waals surface area contributed by atoms with E-state index in [0.29, 0.717) is 0 Å². The summed E-state index contributed by atoms with van der Waals surface area (Å²) in [5.74, 6) is 0.932. The molecule has 0 unspecified atom stereocenters. The maximum absolute atomic E-state index is 5.69. The maximum atomic E-state index is 5.69. The van der Waals surface area contributed by atoms with Gasteiger partial charge in [0.15, 0.2) is 0 Å². The SMILES string of the molecule is Brc1cccc(OCCCN2CCOCC2)c1. The van der Waals surface area contributed by atoms with Crippen LogP contribution in [0.2, 0.25) is 0 Å². The number of ether oxygens (including phenoxy) is 2. The van der Waals surface area contributed by atoms with E-state index in [1.165, 1.54) is 0 Å². The molecule has 0 spiro atoms. The summed E-state index contributed by atoms with van der Waals surface area (Å²) < 4.78 is 12.1. The van der Waals surface area contributed by atoms with E-state index < -0.39 is 0 Å². The zero-order valence-electron chi connectivity index (χ0n) is 9.90. The minimum Gasteiger partial charge on any atom is -0.494 e. The number of hydrogen-bond acceptors (Lipinski definition) is 3. The van der Waals surface area contributed by atoms with Crippen molar-refractivity contribution in [1.29, 1.82) is 0 Å². The maximum Gasteiger partial charge on any atom is 0.120 e. The van der Waals surface area contributed by atoms with E-state index in [1.807, 2.05) is 24.3 Å². The molecule has 1 heterocycles. The second-order valence-electron chi connectivity index (χ2n) is 4.11. The first-order valence-electron chi connectivity index (χ1n) is 6.03. The molecule has 0 aliphatic carbocycles. The molecule has 1 saturated heterocycles. The van der Waals surface area contributed by atoms with E-state index in [9.17, 15) is 0 Å². The van der Waals surface area contributed by atoms with Gasteiger partial charge in [0, 0.05) is 24.1 Å². The third kappa shape index (κ3) is 4.66. The number of nitrogens with zero attached hydrogens (tertiary/aromatic N) is 1. The van der Waals surface area contributed by atoms with E-state index in [-0.39, 0.29) is 0 Å². The summed E-state index contributed by atoms with van der Waals surface area (Å²) in [7, 11) is 0. The summed E-state index contributed by atoms with van der Waals surface area (Å²) in [6, 6.07) is 7.97. The average Bonchev–Trinajstić information content (AvgIpc) is 2.36. The Balaban J connectivity index is 1.62. The van der Waals surface area contributed by atoms with E-state index in [0.717, 1.165) is 56.1 Å². The fourth-order valence-corrected chi connectivity index (χ4v) is 2.24. The van der Waals surface area contributed by atoms with Crippen molar-refractivity contribution in [3.8, 4) is 5.75 Å². The molecule has 0 bridgehead atoms. The van der Waals surface area contributed by atoms with Crippen molar-refractivity contribution in [3.63, 3.8) is 0 Å². The predicted octanol–water partition coefficient (Wildman–Crippen LogP) is 2.55. The molecule has 4 heteroatoms. The van der Waals surface area contributed by atoms with Gasteiger partial charge in [-0.1, -0.05) is 22.0 Å². The lowest BCUT2D eigenvalue weighted by Gasteiger charge is -2.26. The first-order chi connectivity index (χ1) is 8.34. The Morgan fingerprint density at radius 1 is 1.29 bits per heavy atom. The molecule has 1 aromatic rings. The van der Waals surface area contributed by atoms with Crippen LogP contribution in [0.1, 0.15) is 6.42 Å². The van der Waals surface area contributed by atoms with Crippen molar-refractivity contribution >= 4 is 15.9 Å². The first-order valence-corrected chi connectivity index (χ1v) is 6.82. The Bertz CT molecular complexity index is 340. The molecule has 1 fully saturated rings. The van der Waals surface area contributed by atoms with Crippen LogP contribution >= 0.6 is 15.9 Å². The molecule has 0 radical (unpaired) electrons. The van der Waals surface area contributed by atoms with Crippen molar-refractivity contribution in [2.75, 3.05) is 39.5 Å². The molecular weight excluding hydrogens is 282 g/mol. The van der Waals surface area contributed by atoms with Gasteiger partial charge < -0.3 is 9.47 Å². The van der Waals surface area contributed by atoms with E-state index in [1.54, 1.807) is 0 Å². The number of halogens is 1. The van der Waals surface area contributed by atoms with Crippen LogP contribution in [-0.2, 0) is 4.74 Å². The van der Waals surface area contributed by atoms with Crippen LogP contribution < -0.4 is 4.74 Å². The van der Waals surface area contributed by atoms with E-state index in [2.05, 4.69) is 20.8 Å². The number of rotatable bonds is 5. The molecule has 0 atom stereocenters. The lowest BCUT2D eigenvalue weighted by molar-refractivity contribution is 0.0358. The molecular formula is C13H18BrNO2. The molecule has 17 heavy (non-hydrogen) atoms. The molecule has 1 aromatic carbocycles. The minimum absolute atomic E-state index is 0.772. The quantitative estimate of drug-likeness (QED) is 0.780. The lowest BCUT2D eigenvalue weighted by atomic mass is 10.3. The Morgan fingerprint density at radius 3 is 2.88 bits per heavy atom. The Kier molecular flexibility index (Phi) is 5.29. The first kappa shape index (κ1) is 12.9. The fourth-order valence-electron chi connectivity index (χ4n) is 1.86. The van der Waals surface area contributed by atoms with E-state index >= 15 is 0 Å². The topological polar surface area (TPSA) is 21.7 Å². The van der Waals surface area contributed by atoms with Crippen LogP contribution in [0, 0.1) is 0 Å². The second-order valence-corrected chi connectivity index (χ2v) is 5.03. The fraction of sp³-hybridized carbons (Fsp3) is 0.538. The summed E-state index contributed by atoms with van der Waals surface area (Å²) in [6.07, 6.45) is 1.06. The highest BCUT2D eigenvalue weighted by Crippen LogP contribution is 2.17. The van der Waals surface area contributed by atoms with Gasteiger partial charge in [-0.25, -0.2) is 0 Å². The molecule has 0 amide bonds. The summed E-state index contributed by atoms with van der Waals surface area (Å²) in [5.41, 5.74) is 0. The second kappa shape index (κ2) is 6.99. The summed E-state index contributed by atoms with van der Waals surface area (Å²) in [4.78, 5) is 2.42. The lowest BCUT2D eigenvalue weighted by Crippen LogP contribution is -2.37. The van der Waals surface area contributed by atoms with Gasteiger partial charge in [-0.15, -0.1) is 0 Å². The monoisotopic (exact) mass is 299 g/mol. The average molecular weight is 300 g/mol. The van der Waals surface area contributed by atoms with Gasteiger partial charge in [0.2, 0.25) is 0 Å². The molecule has 3 nitrogen and oxygen atoms in total. The zero-order valence-corrected chi connectivity index (χ0v) is 11.5. The van der Waals surface area contributed by atoms with Crippen LogP contribution in [0.15, 0.2) is 28.7 Å². The number of morpholine rings is 1. The van der Waals surface area contributed by atoms with Crippen LogP contribution in [0.25, 0.3) is 0 Å². The van der Waals surface area contributed by atoms with Gasteiger partial charge >= 0.3 is 0 Å². The standard InChI is InChI=1S/C13H18BrNO2/c14-12-3-1-4-13(11-12)17-8-2-5-15-6-9-16-10-7-15/h1,3-4,11H,2,5-10H2. The summed E-state index contributed by atoms with van der Waals surface area (Å²) >= 11 is 3.43. The van der Waals surface area contributed by atoms with Crippen molar-refractivity contribution in [2.24, 2.45) is 0 Å². The molecule has 1 aliphatic rings. The van der Waals surface area contributed by atoms with Crippen LogP contribution in [0.3, 0.4) is 0 Å². The van der Waals surface area contributed by atoms with Gasteiger partial charge in [0.25, 0.3) is 0 Å². The van der Waals surface area contributed by atoms with E-state index in [4.69, 9.17) is 9.47 Å². The van der Waals surface area contributed by atoms with Crippen molar-refractivity contribution in [3.05, 3.63) is 28.7 Å². The predicted molar refractivity (Wildman–Crippen MR) is 71.5 cm³/mol. The largest absolute Gasteiger partial charge is 0.494 e. The molecule has 2 rings (SSSR count). The molecule has 1 aliphatic heterocycles. The summed E-state index contributed by atoms with van der Waals surface area (Å²) in [6.45, 7) is 5.71. The smallest absolute Gasteiger partial charge is 0.120 e. The Morgan fingerprint density at radius 2 is 2.12 bits per heavy atom. The van der Waals surface area contributed by atoms with Gasteiger partial charge in [-0.3, -0.25) is 4.90 Å². The highest BCUT2D eigenvalue weighted by molar-refractivity contribution is 9.10. The normalized spacial score (nSPS) is 17.0. The highest BCUT2D eigenvalue weighted by atomic mass is 79.9. The molecule has 0 aromatic heterocycles. The van der Waals surface area contributed by atoms with Crippen LogP contribution in [0.4, 0.5) is 0 Å². The Labute approximate surface area is 111 Å². The molecule has 0 saturated carbocycles. The van der Waals surface area contributed by atoms with Gasteiger partial charge in [-0.05, 0) is 24.6 Å². The molecule has 94 valence electrons. The summed E-state index contributed by atoms with van der Waals surface area (Å²) in [5, 5.41) is 0. The number of benzene rings is 1. The van der Waals surface area contributed by atoms with Crippen LogP contribution in [-0.4, -0.2) is 44.4 Å². The van der Waals surface area contributed by atoms with Gasteiger partial charge in [0.1, 0.15) is 5.75 Å². The van der Waals surface area contributed by atoms with Gasteiger partial charge in [-0.2, -0.15) is 0 Å². The molecule has 0 N–H and O–H groups in total. The van der Waals surface area contributed by atoms with Crippen molar-refractivity contribution in [2.45, 2.75) is 6.42 Å². The zero-order chi connectivity index (χ0) is 11.9. The Hall–Kier alpha value is -0.580. The third-order valence-corrected chi connectivity index (χ3v) is 3.28. The number of hydrogen-bond donors (Lipinski definition) is 0. The third-order valence-electron chi connectivity index (χ3n) is 2.79.